The Labute approximate surface area is 82.0 Å². The summed E-state index contributed by atoms with van der Waals surface area (Å²) in [6, 6.07) is 3.42. The van der Waals surface area contributed by atoms with Gasteiger partial charge >= 0.3 is 0 Å². The molecule has 0 radical (unpaired) electrons. The molecular weight excluding hydrogens is 185 g/mol. The second-order valence-electron chi connectivity index (χ2n) is 3.28. The van der Waals surface area contributed by atoms with Gasteiger partial charge in [0, 0.05) is 5.56 Å². The molecule has 0 bridgehead atoms. The maximum atomic E-state index is 13.2. The van der Waals surface area contributed by atoms with Gasteiger partial charge in [-0.3, -0.25) is 0 Å². The Morgan fingerprint density at radius 1 is 1.50 bits per heavy atom. The lowest BCUT2D eigenvalue weighted by Gasteiger charge is -2.16. The molecule has 0 aliphatic carbocycles. The van der Waals surface area contributed by atoms with Gasteiger partial charge in [0.05, 0.1) is 18.8 Å². The Kier molecular flexibility index (Phi) is 3.57. The topological polar surface area (TPSA) is 66.5 Å². The molecule has 0 aliphatic rings. The van der Waals surface area contributed by atoms with E-state index >= 15 is 0 Å². The molecule has 1 aromatic carbocycles. The molecule has 0 unspecified atom stereocenters. The summed E-state index contributed by atoms with van der Waals surface area (Å²) in [6.07, 6.45) is -0.821. The number of benzene rings is 1. The van der Waals surface area contributed by atoms with E-state index in [1.165, 1.54) is 25.1 Å². The zero-order chi connectivity index (χ0) is 10.7. The lowest BCUT2D eigenvalue weighted by atomic mass is 10.0. The highest BCUT2D eigenvalue weighted by molar-refractivity contribution is 5.27. The summed E-state index contributed by atoms with van der Waals surface area (Å²) in [5.41, 5.74) is 6.40. The van der Waals surface area contributed by atoms with Crippen LogP contribution >= 0.6 is 0 Å². The minimum Gasteiger partial charge on any atom is -0.392 e. The van der Waals surface area contributed by atoms with Crippen molar-refractivity contribution in [2.24, 2.45) is 5.73 Å². The molecule has 0 saturated heterocycles. The predicted molar refractivity (Wildman–Crippen MR) is 50.9 cm³/mol. The standard InChI is InChI=1S/C10H14FNO2/c1-6(14)10(12)8-4-7(5-13)2-3-9(8)11/h2-4,6,10,13-14H,5,12H2,1H3/t6-,10+/m0/s1. The molecule has 4 N–H and O–H groups in total. The molecule has 0 amide bonds. The second kappa shape index (κ2) is 4.50. The van der Waals surface area contributed by atoms with Crippen molar-refractivity contribution < 1.29 is 14.6 Å². The van der Waals surface area contributed by atoms with Gasteiger partial charge in [0.15, 0.2) is 0 Å². The maximum Gasteiger partial charge on any atom is 0.128 e. The number of aliphatic hydroxyl groups is 2. The average molecular weight is 199 g/mol. The van der Waals surface area contributed by atoms with Gasteiger partial charge in [-0.25, -0.2) is 4.39 Å². The lowest BCUT2D eigenvalue weighted by Crippen LogP contribution is -2.24. The highest BCUT2D eigenvalue weighted by atomic mass is 19.1. The monoisotopic (exact) mass is 199 g/mol. The summed E-state index contributed by atoms with van der Waals surface area (Å²) < 4.78 is 13.2. The molecule has 0 heterocycles. The molecule has 0 aliphatic heterocycles. The van der Waals surface area contributed by atoms with E-state index in [1.807, 2.05) is 0 Å². The van der Waals surface area contributed by atoms with Crippen molar-refractivity contribution >= 4 is 0 Å². The average Bonchev–Trinajstić information content (AvgIpc) is 2.17. The van der Waals surface area contributed by atoms with Crippen LogP contribution in [0, 0.1) is 5.82 Å². The van der Waals surface area contributed by atoms with Gasteiger partial charge in [0.2, 0.25) is 0 Å². The van der Waals surface area contributed by atoms with Crippen LogP contribution in [-0.2, 0) is 6.61 Å². The van der Waals surface area contributed by atoms with Gasteiger partial charge in [-0.05, 0) is 24.6 Å². The number of nitrogens with two attached hydrogens (primary N) is 1. The summed E-state index contributed by atoms with van der Waals surface area (Å²) in [5, 5.41) is 18.1. The number of halogens is 1. The summed E-state index contributed by atoms with van der Waals surface area (Å²) in [4.78, 5) is 0. The van der Waals surface area contributed by atoms with Gasteiger partial charge in [0.1, 0.15) is 5.82 Å². The molecule has 1 aromatic rings. The first kappa shape index (κ1) is 11.1. The quantitative estimate of drug-likeness (QED) is 0.671. The van der Waals surface area contributed by atoms with E-state index in [0.717, 1.165) is 0 Å². The fourth-order valence-electron chi connectivity index (χ4n) is 1.21. The Hall–Kier alpha value is -0.970. The molecule has 1 rings (SSSR count). The molecule has 14 heavy (non-hydrogen) atoms. The highest BCUT2D eigenvalue weighted by Gasteiger charge is 2.16. The zero-order valence-electron chi connectivity index (χ0n) is 7.94. The third-order valence-electron chi connectivity index (χ3n) is 2.12. The van der Waals surface area contributed by atoms with Crippen molar-refractivity contribution in [3.8, 4) is 0 Å². The molecule has 4 heteroatoms. The molecule has 3 nitrogen and oxygen atoms in total. The van der Waals surface area contributed by atoms with E-state index in [1.54, 1.807) is 0 Å². The fraction of sp³-hybridized carbons (Fsp3) is 0.400. The molecule has 0 aromatic heterocycles. The van der Waals surface area contributed by atoms with Crippen LogP contribution in [0.15, 0.2) is 18.2 Å². The molecule has 0 spiro atoms. The Balaban J connectivity index is 3.05. The van der Waals surface area contributed by atoms with Crippen LogP contribution in [0.3, 0.4) is 0 Å². The number of rotatable bonds is 3. The van der Waals surface area contributed by atoms with Crippen LogP contribution in [0.1, 0.15) is 24.1 Å². The molecule has 78 valence electrons. The van der Waals surface area contributed by atoms with Gasteiger partial charge in [0.25, 0.3) is 0 Å². The zero-order valence-corrected chi connectivity index (χ0v) is 7.94. The normalized spacial score (nSPS) is 15.2. The van der Waals surface area contributed by atoms with Crippen LogP contribution in [-0.4, -0.2) is 16.3 Å². The molecular formula is C10H14FNO2. The predicted octanol–water partition coefficient (Wildman–Crippen LogP) is 0.699. The van der Waals surface area contributed by atoms with Crippen molar-refractivity contribution in [1.29, 1.82) is 0 Å². The van der Waals surface area contributed by atoms with E-state index in [2.05, 4.69) is 0 Å². The maximum absolute atomic E-state index is 13.2. The highest BCUT2D eigenvalue weighted by Crippen LogP contribution is 2.19. The van der Waals surface area contributed by atoms with E-state index in [9.17, 15) is 9.50 Å². The van der Waals surface area contributed by atoms with Gasteiger partial charge in [-0.2, -0.15) is 0 Å². The van der Waals surface area contributed by atoms with Crippen LogP contribution in [0.25, 0.3) is 0 Å². The number of aliphatic hydroxyl groups excluding tert-OH is 2. The van der Waals surface area contributed by atoms with Crippen LogP contribution in [0.2, 0.25) is 0 Å². The molecule has 0 fully saturated rings. The SMILES string of the molecule is C[C@H](O)[C@@H](N)c1cc(CO)ccc1F. The first-order valence-electron chi connectivity index (χ1n) is 4.39. The van der Waals surface area contributed by atoms with Crippen molar-refractivity contribution in [3.63, 3.8) is 0 Å². The van der Waals surface area contributed by atoms with E-state index in [4.69, 9.17) is 10.8 Å². The van der Waals surface area contributed by atoms with Crippen LogP contribution in [0.5, 0.6) is 0 Å². The fourth-order valence-corrected chi connectivity index (χ4v) is 1.21. The first-order valence-corrected chi connectivity index (χ1v) is 4.39. The Morgan fingerprint density at radius 3 is 2.64 bits per heavy atom. The van der Waals surface area contributed by atoms with Crippen molar-refractivity contribution in [2.45, 2.75) is 25.7 Å². The summed E-state index contributed by atoms with van der Waals surface area (Å²) in [6.45, 7) is 1.33. The third kappa shape index (κ3) is 2.29. The van der Waals surface area contributed by atoms with Gasteiger partial charge < -0.3 is 15.9 Å². The second-order valence-corrected chi connectivity index (χ2v) is 3.28. The summed E-state index contributed by atoms with van der Waals surface area (Å²) in [5.74, 6) is -0.462. The van der Waals surface area contributed by atoms with E-state index in [-0.39, 0.29) is 12.2 Å². The lowest BCUT2D eigenvalue weighted by molar-refractivity contribution is 0.162. The summed E-state index contributed by atoms with van der Waals surface area (Å²) in [7, 11) is 0. The Bertz CT molecular complexity index is 315. The smallest absolute Gasteiger partial charge is 0.128 e. The van der Waals surface area contributed by atoms with Gasteiger partial charge in [-0.15, -0.1) is 0 Å². The molecule has 0 saturated carbocycles. The summed E-state index contributed by atoms with van der Waals surface area (Å²) >= 11 is 0. The van der Waals surface area contributed by atoms with Crippen LogP contribution < -0.4 is 5.73 Å². The minimum absolute atomic E-state index is 0.167. The minimum atomic E-state index is -0.821. The van der Waals surface area contributed by atoms with Crippen molar-refractivity contribution in [3.05, 3.63) is 35.1 Å². The Morgan fingerprint density at radius 2 is 2.14 bits per heavy atom. The third-order valence-corrected chi connectivity index (χ3v) is 2.12. The van der Waals surface area contributed by atoms with Crippen molar-refractivity contribution in [2.75, 3.05) is 0 Å². The molecule has 2 atom stereocenters. The first-order chi connectivity index (χ1) is 6.56. The van der Waals surface area contributed by atoms with Gasteiger partial charge in [-0.1, -0.05) is 6.07 Å². The number of hydrogen-bond acceptors (Lipinski definition) is 3. The van der Waals surface area contributed by atoms with Crippen molar-refractivity contribution in [1.82, 2.24) is 0 Å². The van der Waals surface area contributed by atoms with E-state index < -0.39 is 18.0 Å². The largest absolute Gasteiger partial charge is 0.392 e. The van der Waals surface area contributed by atoms with E-state index in [0.29, 0.717) is 5.56 Å². The number of hydrogen-bond donors (Lipinski definition) is 3. The van der Waals surface area contributed by atoms with Crippen LogP contribution in [0.4, 0.5) is 4.39 Å².